The van der Waals surface area contributed by atoms with Crippen molar-refractivity contribution in [3.05, 3.63) is 41.6 Å². The fraction of sp³-hybridized carbons (Fsp3) is 0.621. The van der Waals surface area contributed by atoms with Gasteiger partial charge >= 0.3 is 0 Å². The topological polar surface area (TPSA) is 67.2 Å². The van der Waals surface area contributed by atoms with Crippen LogP contribution >= 0.6 is 0 Å². The number of fused-ring (bicyclic) bond motifs is 1. The second-order valence-electron chi connectivity index (χ2n) is 11.0. The van der Waals surface area contributed by atoms with Gasteiger partial charge in [0.15, 0.2) is 0 Å². The second-order valence-corrected chi connectivity index (χ2v) is 11.0. The largest absolute Gasteiger partial charge is 0.351 e. The highest BCUT2D eigenvalue weighted by Crippen LogP contribution is 2.36. The third-order valence-corrected chi connectivity index (χ3v) is 8.48. The van der Waals surface area contributed by atoms with E-state index in [0.29, 0.717) is 12.2 Å². The van der Waals surface area contributed by atoms with E-state index in [-0.39, 0.29) is 23.9 Å². The van der Waals surface area contributed by atoms with Gasteiger partial charge in [-0.1, -0.05) is 76.1 Å². The highest BCUT2D eigenvalue weighted by Gasteiger charge is 2.51. The van der Waals surface area contributed by atoms with Gasteiger partial charge in [-0.2, -0.15) is 5.10 Å². The maximum absolute atomic E-state index is 13.9. The molecule has 1 N–H and O–H groups in total. The van der Waals surface area contributed by atoms with Crippen LogP contribution in [0.15, 0.2) is 30.3 Å². The van der Waals surface area contributed by atoms with Crippen LogP contribution in [-0.4, -0.2) is 44.1 Å². The quantitative estimate of drug-likeness (QED) is 0.620. The molecule has 1 aliphatic heterocycles. The first kappa shape index (κ1) is 24.1. The third-order valence-electron chi connectivity index (χ3n) is 8.48. The Hall–Kier alpha value is -2.63. The molecule has 2 aromatic rings. The van der Waals surface area contributed by atoms with Crippen LogP contribution in [-0.2, 0) is 17.8 Å². The highest BCUT2D eigenvalue weighted by molar-refractivity contribution is 6.00. The van der Waals surface area contributed by atoms with Gasteiger partial charge in [0, 0.05) is 17.6 Å². The summed E-state index contributed by atoms with van der Waals surface area (Å²) in [5.74, 6) is -0.0688. The van der Waals surface area contributed by atoms with E-state index >= 15 is 0 Å². The Balaban J connectivity index is 1.45. The molecule has 1 aromatic heterocycles. The van der Waals surface area contributed by atoms with Crippen LogP contribution in [0.4, 0.5) is 0 Å². The SMILES string of the molecule is CCc1ccc(-c2cc3n(n2)C[C@@](C)(C(=O)NC2CCCCCCC2)N(C2CCCC2)C3=O)cc1. The molecule has 1 atom stereocenters. The van der Waals surface area contributed by atoms with E-state index in [9.17, 15) is 9.59 Å². The van der Waals surface area contributed by atoms with Crippen molar-refractivity contribution in [3.63, 3.8) is 0 Å². The molecule has 0 bridgehead atoms. The number of carbonyl (C=O) groups excluding carboxylic acids is 2. The lowest BCUT2D eigenvalue weighted by molar-refractivity contribution is -0.135. The first-order valence-electron chi connectivity index (χ1n) is 13.8. The van der Waals surface area contributed by atoms with E-state index in [4.69, 9.17) is 5.10 Å². The lowest BCUT2D eigenvalue weighted by atomic mass is 9.90. The van der Waals surface area contributed by atoms with Crippen LogP contribution in [0.2, 0.25) is 0 Å². The molecule has 2 fully saturated rings. The molecule has 0 saturated heterocycles. The smallest absolute Gasteiger partial charge is 0.273 e. The number of amides is 2. The van der Waals surface area contributed by atoms with Gasteiger partial charge in [-0.15, -0.1) is 0 Å². The van der Waals surface area contributed by atoms with E-state index in [1.54, 1.807) is 4.68 Å². The second kappa shape index (κ2) is 10.2. The minimum Gasteiger partial charge on any atom is -0.351 e. The number of benzene rings is 1. The highest BCUT2D eigenvalue weighted by atomic mass is 16.2. The van der Waals surface area contributed by atoms with Gasteiger partial charge in [0.1, 0.15) is 11.2 Å². The maximum atomic E-state index is 13.9. The normalized spacial score (nSPS) is 24.2. The van der Waals surface area contributed by atoms with Gasteiger partial charge in [-0.05, 0) is 50.7 Å². The van der Waals surface area contributed by atoms with Crippen LogP contribution in [0.25, 0.3) is 11.3 Å². The Morgan fingerprint density at radius 3 is 2.29 bits per heavy atom. The standard InChI is InChI=1S/C29H40N4O2/c1-3-21-15-17-22(18-16-21)25-19-26-27(34)33(24-13-9-10-14-24)29(2,20-32(26)31-25)28(35)30-23-11-7-5-4-6-8-12-23/h15-19,23-24H,3-14,20H2,1-2H3,(H,30,35)/t29-/m0/s1. The lowest BCUT2D eigenvalue weighted by Gasteiger charge is -2.47. The van der Waals surface area contributed by atoms with Crippen LogP contribution in [0.5, 0.6) is 0 Å². The molecule has 5 rings (SSSR count). The van der Waals surface area contributed by atoms with Crippen molar-refractivity contribution in [2.75, 3.05) is 0 Å². The van der Waals surface area contributed by atoms with Crippen LogP contribution in [0.1, 0.15) is 101 Å². The van der Waals surface area contributed by atoms with Crippen LogP contribution in [0, 0.1) is 0 Å². The monoisotopic (exact) mass is 476 g/mol. The van der Waals surface area contributed by atoms with E-state index < -0.39 is 5.54 Å². The molecule has 2 aliphatic carbocycles. The zero-order valence-corrected chi connectivity index (χ0v) is 21.4. The average Bonchev–Trinajstić information content (AvgIpc) is 3.51. The number of hydrogen-bond donors (Lipinski definition) is 1. The third kappa shape index (κ3) is 4.76. The Morgan fingerprint density at radius 2 is 1.63 bits per heavy atom. The number of nitrogens with zero attached hydrogens (tertiary/aromatic N) is 3. The van der Waals surface area contributed by atoms with Crippen molar-refractivity contribution in [1.82, 2.24) is 20.0 Å². The fourth-order valence-corrected chi connectivity index (χ4v) is 6.33. The number of nitrogens with one attached hydrogen (secondary N) is 1. The average molecular weight is 477 g/mol. The number of hydrogen-bond acceptors (Lipinski definition) is 3. The Morgan fingerprint density at radius 1 is 1.00 bits per heavy atom. The molecule has 2 saturated carbocycles. The van der Waals surface area contributed by atoms with Crippen molar-refractivity contribution in [1.29, 1.82) is 0 Å². The predicted octanol–water partition coefficient (Wildman–Crippen LogP) is 5.50. The molecule has 0 unspecified atom stereocenters. The maximum Gasteiger partial charge on any atom is 0.273 e. The summed E-state index contributed by atoms with van der Waals surface area (Å²) in [5, 5.41) is 8.21. The van der Waals surface area contributed by atoms with Gasteiger partial charge in [0.05, 0.1) is 12.2 Å². The van der Waals surface area contributed by atoms with Gasteiger partial charge in [-0.25, -0.2) is 0 Å². The minimum atomic E-state index is -0.934. The molecular weight excluding hydrogens is 436 g/mol. The van der Waals surface area contributed by atoms with Gasteiger partial charge in [0.2, 0.25) is 5.91 Å². The summed E-state index contributed by atoms with van der Waals surface area (Å²) < 4.78 is 1.79. The number of aromatic nitrogens is 2. The molecule has 0 radical (unpaired) electrons. The molecule has 35 heavy (non-hydrogen) atoms. The summed E-state index contributed by atoms with van der Waals surface area (Å²) in [5.41, 5.74) is 2.75. The fourth-order valence-electron chi connectivity index (χ4n) is 6.33. The zero-order valence-electron chi connectivity index (χ0n) is 21.4. The molecule has 2 heterocycles. The summed E-state index contributed by atoms with van der Waals surface area (Å²) in [6.07, 6.45) is 13.3. The molecule has 6 nitrogen and oxygen atoms in total. The van der Waals surface area contributed by atoms with Gasteiger partial charge in [-0.3, -0.25) is 14.3 Å². The summed E-state index contributed by atoms with van der Waals surface area (Å²) >= 11 is 0. The van der Waals surface area contributed by atoms with E-state index in [2.05, 4.69) is 36.5 Å². The summed E-state index contributed by atoms with van der Waals surface area (Å²) in [6, 6.07) is 10.6. The Labute approximate surface area is 209 Å². The summed E-state index contributed by atoms with van der Waals surface area (Å²) in [7, 11) is 0. The summed E-state index contributed by atoms with van der Waals surface area (Å²) in [4.78, 5) is 29.8. The van der Waals surface area contributed by atoms with E-state index in [0.717, 1.165) is 69.0 Å². The van der Waals surface area contributed by atoms with Crippen molar-refractivity contribution < 1.29 is 9.59 Å². The van der Waals surface area contributed by atoms with Gasteiger partial charge < -0.3 is 10.2 Å². The van der Waals surface area contributed by atoms with Crippen molar-refractivity contribution >= 4 is 11.8 Å². The van der Waals surface area contributed by atoms with Crippen molar-refractivity contribution in [2.45, 2.75) is 115 Å². The molecule has 6 heteroatoms. The molecule has 2 amide bonds. The lowest BCUT2D eigenvalue weighted by Crippen LogP contribution is -2.67. The zero-order chi connectivity index (χ0) is 24.4. The van der Waals surface area contributed by atoms with Crippen LogP contribution < -0.4 is 5.32 Å². The Bertz CT molecular complexity index is 1050. The number of rotatable bonds is 5. The van der Waals surface area contributed by atoms with E-state index in [1.807, 2.05) is 17.9 Å². The molecule has 3 aliphatic rings. The van der Waals surface area contributed by atoms with Crippen LogP contribution in [0.3, 0.4) is 0 Å². The first-order valence-corrected chi connectivity index (χ1v) is 13.8. The van der Waals surface area contributed by atoms with Crippen molar-refractivity contribution in [3.8, 4) is 11.3 Å². The predicted molar refractivity (Wildman–Crippen MR) is 138 cm³/mol. The van der Waals surface area contributed by atoms with E-state index in [1.165, 1.54) is 24.8 Å². The minimum absolute atomic E-state index is 0.0154. The Kier molecular flexibility index (Phi) is 6.99. The number of carbonyl (C=O) groups is 2. The number of aryl methyl sites for hydroxylation is 1. The first-order chi connectivity index (χ1) is 17.0. The molecule has 1 aromatic carbocycles. The molecule has 0 spiro atoms. The molecular formula is C29H40N4O2. The van der Waals surface area contributed by atoms with Crippen molar-refractivity contribution in [2.24, 2.45) is 0 Å². The summed E-state index contributed by atoms with van der Waals surface area (Å²) in [6.45, 7) is 4.50. The molecule has 188 valence electrons. The van der Waals surface area contributed by atoms with Gasteiger partial charge in [0.25, 0.3) is 5.91 Å².